The van der Waals surface area contributed by atoms with Gasteiger partial charge in [0.25, 0.3) is 0 Å². The molecule has 0 fully saturated rings. The number of alkyl halides is 3. The number of nitrogens with zero attached hydrogens (tertiary/aromatic N) is 3. The number of nitrogens with one attached hydrogen (secondary N) is 2. The number of halogens is 3. The fourth-order valence-corrected chi connectivity index (χ4v) is 2.56. The Hall–Kier alpha value is -2.25. The summed E-state index contributed by atoms with van der Waals surface area (Å²) in [6.45, 7) is 5.54. The van der Waals surface area contributed by atoms with E-state index in [-0.39, 0.29) is 6.54 Å². The predicted molar refractivity (Wildman–Crippen MR) is 93.7 cm³/mol. The zero-order chi connectivity index (χ0) is 18.3. The van der Waals surface area contributed by atoms with Gasteiger partial charge in [-0.1, -0.05) is 12.1 Å². The molecule has 0 atom stereocenters. The molecule has 1 aromatic heterocycles. The molecule has 0 aliphatic heterocycles. The fraction of sp³-hybridized carbons (Fsp3) is 0.529. The first kappa shape index (κ1) is 19.1. The van der Waals surface area contributed by atoms with E-state index >= 15 is 0 Å². The molecule has 1 aromatic carbocycles. The van der Waals surface area contributed by atoms with Gasteiger partial charge in [-0.25, -0.2) is 4.98 Å². The van der Waals surface area contributed by atoms with Crippen molar-refractivity contribution < 1.29 is 13.2 Å². The molecule has 0 spiro atoms. The number of rotatable bonds is 7. The second-order valence-corrected chi connectivity index (χ2v) is 5.71. The quantitative estimate of drug-likeness (QED) is 0.455. The minimum absolute atomic E-state index is 0.180. The average molecular weight is 355 g/mol. The Morgan fingerprint density at radius 1 is 1.24 bits per heavy atom. The van der Waals surface area contributed by atoms with E-state index < -0.39 is 12.6 Å². The van der Waals surface area contributed by atoms with Crippen LogP contribution in [0.4, 0.5) is 13.2 Å². The monoisotopic (exact) mass is 355 g/mol. The van der Waals surface area contributed by atoms with Crippen molar-refractivity contribution in [2.75, 3.05) is 19.6 Å². The van der Waals surface area contributed by atoms with Gasteiger partial charge in [-0.15, -0.1) is 0 Å². The summed E-state index contributed by atoms with van der Waals surface area (Å²) in [5.41, 5.74) is 2.05. The van der Waals surface area contributed by atoms with Gasteiger partial charge in [0.15, 0.2) is 5.96 Å². The van der Waals surface area contributed by atoms with Gasteiger partial charge >= 0.3 is 6.18 Å². The summed E-state index contributed by atoms with van der Waals surface area (Å²) < 4.78 is 38.8. The van der Waals surface area contributed by atoms with Gasteiger partial charge in [0.05, 0.1) is 17.5 Å². The Morgan fingerprint density at radius 3 is 2.72 bits per heavy atom. The SMILES string of the molecule is CCNC(=NCCCn1c(C)nc2ccccc21)NCCC(F)(F)F. The van der Waals surface area contributed by atoms with Gasteiger partial charge in [0.2, 0.25) is 0 Å². The topological polar surface area (TPSA) is 54.2 Å². The first-order valence-corrected chi connectivity index (χ1v) is 8.41. The van der Waals surface area contributed by atoms with Crippen molar-refractivity contribution in [3.05, 3.63) is 30.1 Å². The maximum atomic E-state index is 12.2. The second kappa shape index (κ2) is 8.73. The van der Waals surface area contributed by atoms with Crippen LogP contribution in [0.25, 0.3) is 11.0 Å². The third-order valence-corrected chi connectivity index (χ3v) is 3.70. The number of aliphatic imine (C=N–C) groups is 1. The van der Waals surface area contributed by atoms with E-state index in [1.54, 1.807) is 0 Å². The van der Waals surface area contributed by atoms with E-state index in [9.17, 15) is 13.2 Å². The van der Waals surface area contributed by atoms with E-state index in [0.29, 0.717) is 19.0 Å². The van der Waals surface area contributed by atoms with E-state index in [0.717, 1.165) is 29.8 Å². The number of hydrogen-bond acceptors (Lipinski definition) is 2. The molecule has 8 heteroatoms. The van der Waals surface area contributed by atoms with Crippen LogP contribution in [0.1, 0.15) is 25.6 Å². The van der Waals surface area contributed by atoms with E-state index in [2.05, 4.69) is 25.2 Å². The molecule has 0 aliphatic carbocycles. The highest BCUT2D eigenvalue weighted by Gasteiger charge is 2.26. The van der Waals surface area contributed by atoms with Crippen molar-refractivity contribution >= 4 is 17.0 Å². The summed E-state index contributed by atoms with van der Waals surface area (Å²) in [6, 6.07) is 7.94. The molecule has 25 heavy (non-hydrogen) atoms. The number of benzene rings is 1. The van der Waals surface area contributed by atoms with Crippen molar-refractivity contribution in [1.82, 2.24) is 20.2 Å². The number of hydrogen-bond donors (Lipinski definition) is 2. The van der Waals surface area contributed by atoms with Gasteiger partial charge < -0.3 is 15.2 Å². The van der Waals surface area contributed by atoms with Crippen LogP contribution in [0, 0.1) is 6.92 Å². The highest BCUT2D eigenvalue weighted by molar-refractivity contribution is 5.79. The van der Waals surface area contributed by atoms with Crippen molar-refractivity contribution in [3.8, 4) is 0 Å². The van der Waals surface area contributed by atoms with Crippen LogP contribution in [-0.2, 0) is 6.54 Å². The first-order valence-electron chi connectivity index (χ1n) is 8.41. The highest BCUT2D eigenvalue weighted by atomic mass is 19.4. The molecular weight excluding hydrogens is 331 g/mol. The number of imidazole rings is 1. The molecule has 1 heterocycles. The minimum Gasteiger partial charge on any atom is -0.357 e. The summed E-state index contributed by atoms with van der Waals surface area (Å²) in [5, 5.41) is 5.67. The van der Waals surface area contributed by atoms with Crippen LogP contribution >= 0.6 is 0 Å². The number of fused-ring (bicyclic) bond motifs is 1. The Balaban J connectivity index is 1.87. The van der Waals surface area contributed by atoms with Crippen LogP contribution in [0.3, 0.4) is 0 Å². The Bertz CT molecular complexity index is 706. The van der Waals surface area contributed by atoms with E-state index in [1.807, 2.05) is 38.1 Å². The number of aromatic nitrogens is 2. The molecule has 0 bridgehead atoms. The van der Waals surface area contributed by atoms with Gasteiger partial charge in [0, 0.05) is 26.2 Å². The molecule has 0 radical (unpaired) electrons. The second-order valence-electron chi connectivity index (χ2n) is 5.71. The van der Waals surface area contributed by atoms with Gasteiger partial charge in [-0.05, 0) is 32.4 Å². The summed E-state index contributed by atoms with van der Waals surface area (Å²) >= 11 is 0. The van der Waals surface area contributed by atoms with Crippen molar-refractivity contribution in [2.45, 2.75) is 39.4 Å². The molecule has 5 nitrogen and oxygen atoms in total. The van der Waals surface area contributed by atoms with E-state index in [4.69, 9.17) is 0 Å². The minimum atomic E-state index is -4.16. The van der Waals surface area contributed by atoms with Crippen molar-refractivity contribution in [3.63, 3.8) is 0 Å². The molecule has 2 N–H and O–H groups in total. The molecule has 0 saturated carbocycles. The molecule has 0 amide bonds. The van der Waals surface area contributed by atoms with Crippen LogP contribution in [0.2, 0.25) is 0 Å². The normalized spacial score (nSPS) is 12.6. The predicted octanol–water partition coefficient (Wildman–Crippen LogP) is 3.24. The Kier molecular flexibility index (Phi) is 6.66. The van der Waals surface area contributed by atoms with Crippen LogP contribution in [-0.4, -0.2) is 41.3 Å². The lowest BCUT2D eigenvalue weighted by atomic mass is 10.3. The van der Waals surface area contributed by atoms with Crippen LogP contribution in [0.15, 0.2) is 29.3 Å². The summed E-state index contributed by atoms with van der Waals surface area (Å²) in [4.78, 5) is 8.85. The zero-order valence-electron chi connectivity index (χ0n) is 14.5. The molecular formula is C17H24F3N5. The lowest BCUT2D eigenvalue weighted by Gasteiger charge is -2.12. The number of para-hydroxylation sites is 2. The molecule has 2 aromatic rings. The molecule has 138 valence electrons. The van der Waals surface area contributed by atoms with Crippen molar-refractivity contribution in [2.24, 2.45) is 4.99 Å². The van der Waals surface area contributed by atoms with Crippen LogP contribution < -0.4 is 10.6 Å². The smallest absolute Gasteiger partial charge is 0.357 e. The van der Waals surface area contributed by atoms with Gasteiger partial charge in [-0.3, -0.25) is 4.99 Å². The third kappa shape index (κ3) is 5.95. The molecule has 0 saturated heterocycles. The van der Waals surface area contributed by atoms with Crippen molar-refractivity contribution in [1.29, 1.82) is 0 Å². The van der Waals surface area contributed by atoms with Gasteiger partial charge in [0.1, 0.15) is 5.82 Å². The summed E-state index contributed by atoms with van der Waals surface area (Å²) in [5.74, 6) is 1.36. The Morgan fingerprint density at radius 2 is 2.00 bits per heavy atom. The lowest BCUT2D eigenvalue weighted by Crippen LogP contribution is -2.39. The fourth-order valence-electron chi connectivity index (χ4n) is 2.56. The standard InChI is InChI=1S/C17H24F3N5/c1-3-21-16(23-11-9-17(18,19)20)22-10-6-12-25-13(2)24-14-7-4-5-8-15(14)25/h4-5,7-8H,3,6,9-12H2,1-2H3,(H2,21,22,23). The maximum Gasteiger partial charge on any atom is 0.390 e. The Labute approximate surface area is 145 Å². The highest BCUT2D eigenvalue weighted by Crippen LogP contribution is 2.18. The number of aryl methyl sites for hydroxylation is 2. The maximum absolute atomic E-state index is 12.2. The average Bonchev–Trinajstić information content (AvgIpc) is 2.86. The summed E-state index contributed by atoms with van der Waals surface area (Å²) in [7, 11) is 0. The third-order valence-electron chi connectivity index (χ3n) is 3.70. The summed E-state index contributed by atoms with van der Waals surface area (Å²) in [6.07, 6.45) is -4.26. The zero-order valence-corrected chi connectivity index (χ0v) is 14.5. The lowest BCUT2D eigenvalue weighted by molar-refractivity contribution is -0.132. The number of guanidine groups is 1. The van der Waals surface area contributed by atoms with E-state index in [1.165, 1.54) is 0 Å². The molecule has 2 rings (SSSR count). The largest absolute Gasteiger partial charge is 0.390 e. The first-order chi connectivity index (χ1) is 11.9. The molecule has 0 aliphatic rings. The molecule has 0 unspecified atom stereocenters. The van der Waals surface area contributed by atoms with Crippen LogP contribution in [0.5, 0.6) is 0 Å². The van der Waals surface area contributed by atoms with Gasteiger partial charge in [-0.2, -0.15) is 13.2 Å².